The molecule has 2 aromatic rings. The van der Waals surface area contributed by atoms with Crippen LogP contribution < -0.4 is 0 Å². The molecule has 0 amide bonds. The first-order chi connectivity index (χ1) is 14.0. The van der Waals surface area contributed by atoms with Gasteiger partial charge in [-0.15, -0.1) is 0 Å². The summed E-state index contributed by atoms with van der Waals surface area (Å²) in [5.74, 6) is -0.547. The van der Waals surface area contributed by atoms with Crippen molar-refractivity contribution in [3.8, 4) is 0 Å². The van der Waals surface area contributed by atoms with Crippen LogP contribution in [0.25, 0.3) is 0 Å². The zero-order valence-electron chi connectivity index (χ0n) is 17.0. The second-order valence-electron chi connectivity index (χ2n) is 9.83. The first-order valence-corrected chi connectivity index (χ1v) is 11.0. The van der Waals surface area contributed by atoms with Crippen molar-refractivity contribution in [3.63, 3.8) is 0 Å². The highest BCUT2D eigenvalue weighted by Crippen LogP contribution is 2.51. The molecule has 0 heterocycles. The molecule has 4 aliphatic rings. The minimum absolute atomic E-state index is 0.0588. The fraction of sp³-hybridized carbons (Fsp3) is 0.462. The lowest BCUT2D eigenvalue weighted by atomic mass is 9.81. The number of aromatic carboxylic acids is 1. The second kappa shape index (κ2) is 5.81. The average molecular weight is 386 g/mol. The molecule has 0 fully saturated rings. The molecule has 6 rings (SSSR count). The fourth-order valence-corrected chi connectivity index (χ4v) is 7.04. The van der Waals surface area contributed by atoms with E-state index >= 15 is 0 Å². The standard InChI is InChI=1S/C26H26O3/c1-14(27)23-19-6-2-4-15(19)8-17-10-26(12-21(17)23)11-18-9-16-5-3-7-20(16)24(25(28)29)22(18)13-26/h8-9H,2-7,10-13H2,1H3,(H,28,29)/t26-/m0/s1. The van der Waals surface area contributed by atoms with Gasteiger partial charge in [-0.1, -0.05) is 12.1 Å². The Labute approximate surface area is 171 Å². The molecule has 0 saturated carbocycles. The van der Waals surface area contributed by atoms with Gasteiger partial charge in [-0.05, 0) is 121 Å². The van der Waals surface area contributed by atoms with Crippen LogP contribution in [0.4, 0.5) is 0 Å². The predicted octanol–water partition coefficient (Wildman–Crippen LogP) is 4.45. The molecule has 0 saturated heterocycles. The quantitative estimate of drug-likeness (QED) is 0.776. The number of rotatable bonds is 2. The van der Waals surface area contributed by atoms with E-state index in [0.29, 0.717) is 5.56 Å². The topological polar surface area (TPSA) is 54.4 Å². The summed E-state index contributed by atoms with van der Waals surface area (Å²) >= 11 is 0. The lowest BCUT2D eigenvalue weighted by molar-refractivity contribution is 0.0694. The van der Waals surface area contributed by atoms with Crippen molar-refractivity contribution in [2.75, 3.05) is 0 Å². The summed E-state index contributed by atoms with van der Waals surface area (Å²) in [6, 6.07) is 4.69. The van der Waals surface area contributed by atoms with E-state index in [0.717, 1.165) is 80.9 Å². The summed E-state index contributed by atoms with van der Waals surface area (Å²) in [6.45, 7) is 1.72. The lowest BCUT2D eigenvalue weighted by Crippen LogP contribution is -2.22. The number of carboxylic acids is 1. The number of hydrogen-bond acceptors (Lipinski definition) is 2. The van der Waals surface area contributed by atoms with Gasteiger partial charge in [0.05, 0.1) is 5.56 Å². The molecule has 29 heavy (non-hydrogen) atoms. The normalized spacial score (nSPS) is 23.2. The number of fused-ring (bicyclic) bond motifs is 4. The van der Waals surface area contributed by atoms with Crippen LogP contribution in [0, 0.1) is 5.41 Å². The molecule has 0 radical (unpaired) electrons. The van der Waals surface area contributed by atoms with Gasteiger partial charge in [0.2, 0.25) is 0 Å². The van der Waals surface area contributed by atoms with E-state index in [1.54, 1.807) is 6.92 Å². The van der Waals surface area contributed by atoms with E-state index in [2.05, 4.69) is 12.1 Å². The minimum Gasteiger partial charge on any atom is -0.478 e. The van der Waals surface area contributed by atoms with E-state index in [1.165, 1.54) is 33.4 Å². The van der Waals surface area contributed by atoms with Gasteiger partial charge in [0.25, 0.3) is 0 Å². The summed E-state index contributed by atoms with van der Waals surface area (Å²) in [6.07, 6.45) is 9.95. The Morgan fingerprint density at radius 2 is 1.24 bits per heavy atom. The summed E-state index contributed by atoms with van der Waals surface area (Å²) in [4.78, 5) is 24.8. The smallest absolute Gasteiger partial charge is 0.336 e. The maximum atomic E-state index is 12.6. The largest absolute Gasteiger partial charge is 0.478 e. The SMILES string of the molecule is CC(=O)c1c2c(cc3c1C[C@]1(C3)Cc3cc4c(c(C(=O)O)c3C1)CCC4)CCC2. The molecule has 0 aliphatic heterocycles. The van der Waals surface area contributed by atoms with Crippen LogP contribution in [-0.2, 0) is 51.4 Å². The van der Waals surface area contributed by atoms with Crippen molar-refractivity contribution in [3.05, 3.63) is 67.8 Å². The van der Waals surface area contributed by atoms with Crippen molar-refractivity contribution in [1.82, 2.24) is 0 Å². The summed E-state index contributed by atoms with van der Waals surface area (Å²) in [5.41, 5.74) is 11.7. The molecule has 3 heteroatoms. The molecule has 1 atom stereocenters. The molecular weight excluding hydrogens is 360 g/mol. The molecule has 3 nitrogen and oxygen atoms in total. The van der Waals surface area contributed by atoms with Crippen LogP contribution in [0.5, 0.6) is 0 Å². The molecule has 0 aromatic heterocycles. The maximum Gasteiger partial charge on any atom is 0.336 e. The molecule has 2 aromatic carbocycles. The Bertz CT molecular complexity index is 1030. The van der Waals surface area contributed by atoms with Gasteiger partial charge in [0.1, 0.15) is 0 Å². The van der Waals surface area contributed by atoms with Crippen LogP contribution >= 0.6 is 0 Å². The van der Waals surface area contributed by atoms with Crippen LogP contribution in [-0.4, -0.2) is 16.9 Å². The summed E-state index contributed by atoms with van der Waals surface area (Å²) < 4.78 is 0. The van der Waals surface area contributed by atoms with E-state index in [1.807, 2.05) is 0 Å². The number of benzene rings is 2. The van der Waals surface area contributed by atoms with E-state index < -0.39 is 5.97 Å². The predicted molar refractivity (Wildman–Crippen MR) is 111 cm³/mol. The third kappa shape index (κ3) is 2.36. The van der Waals surface area contributed by atoms with Crippen molar-refractivity contribution in [2.24, 2.45) is 5.41 Å². The number of carboxylic acid groups (broad SMARTS) is 1. The number of aryl methyl sites for hydroxylation is 2. The van der Waals surface area contributed by atoms with Crippen molar-refractivity contribution >= 4 is 11.8 Å². The highest BCUT2D eigenvalue weighted by molar-refractivity contribution is 5.98. The Hall–Kier alpha value is -2.42. The monoisotopic (exact) mass is 386 g/mol. The molecular formula is C26H26O3. The molecule has 4 aliphatic carbocycles. The highest BCUT2D eigenvalue weighted by Gasteiger charge is 2.46. The second-order valence-corrected chi connectivity index (χ2v) is 9.83. The van der Waals surface area contributed by atoms with Crippen molar-refractivity contribution < 1.29 is 14.7 Å². The van der Waals surface area contributed by atoms with E-state index in [9.17, 15) is 14.7 Å². The van der Waals surface area contributed by atoms with E-state index in [-0.39, 0.29) is 11.2 Å². The van der Waals surface area contributed by atoms with Gasteiger partial charge in [-0.3, -0.25) is 4.79 Å². The zero-order valence-corrected chi connectivity index (χ0v) is 17.0. The van der Waals surface area contributed by atoms with Gasteiger partial charge in [0.15, 0.2) is 5.78 Å². The Kier molecular flexibility index (Phi) is 3.49. The number of ketones is 1. The van der Waals surface area contributed by atoms with Gasteiger partial charge >= 0.3 is 5.97 Å². The summed E-state index contributed by atoms with van der Waals surface area (Å²) in [5, 5.41) is 10.0. The summed E-state index contributed by atoms with van der Waals surface area (Å²) in [7, 11) is 0. The van der Waals surface area contributed by atoms with Gasteiger partial charge in [0, 0.05) is 5.56 Å². The minimum atomic E-state index is -0.754. The Balaban J connectivity index is 1.45. The van der Waals surface area contributed by atoms with Gasteiger partial charge in [-0.25, -0.2) is 4.79 Å². The van der Waals surface area contributed by atoms with Crippen molar-refractivity contribution in [2.45, 2.75) is 71.1 Å². The Morgan fingerprint density at radius 3 is 1.76 bits per heavy atom. The third-order valence-corrected chi connectivity index (χ3v) is 8.00. The molecule has 1 N–H and O–H groups in total. The molecule has 1 spiro atoms. The first kappa shape index (κ1) is 17.4. The number of hydrogen-bond donors (Lipinski definition) is 1. The van der Waals surface area contributed by atoms with Gasteiger partial charge < -0.3 is 5.11 Å². The number of carbonyl (C=O) groups is 2. The number of Topliss-reactive ketones (excluding diaryl/α,β-unsaturated/α-hetero) is 1. The van der Waals surface area contributed by atoms with Crippen LogP contribution in [0.3, 0.4) is 0 Å². The third-order valence-electron chi connectivity index (χ3n) is 8.00. The molecule has 148 valence electrons. The van der Waals surface area contributed by atoms with Crippen LogP contribution in [0.15, 0.2) is 12.1 Å². The van der Waals surface area contributed by atoms with Crippen LogP contribution in [0.2, 0.25) is 0 Å². The first-order valence-electron chi connectivity index (χ1n) is 11.0. The molecule has 0 bridgehead atoms. The van der Waals surface area contributed by atoms with Crippen molar-refractivity contribution in [1.29, 1.82) is 0 Å². The molecule has 0 unspecified atom stereocenters. The zero-order chi connectivity index (χ0) is 19.9. The highest BCUT2D eigenvalue weighted by atomic mass is 16.4. The number of carbonyl (C=O) groups excluding carboxylic acids is 1. The lowest BCUT2D eigenvalue weighted by Gasteiger charge is -2.22. The maximum absolute atomic E-state index is 12.6. The van der Waals surface area contributed by atoms with Gasteiger partial charge in [-0.2, -0.15) is 0 Å². The van der Waals surface area contributed by atoms with Crippen LogP contribution in [0.1, 0.15) is 85.0 Å². The average Bonchev–Trinajstić information content (AvgIpc) is 3.41. The fourth-order valence-electron chi connectivity index (χ4n) is 7.04. The van der Waals surface area contributed by atoms with E-state index in [4.69, 9.17) is 0 Å². The Morgan fingerprint density at radius 1 is 0.724 bits per heavy atom.